The summed E-state index contributed by atoms with van der Waals surface area (Å²) >= 11 is 3.51. The molecule has 106 valence electrons. The van der Waals surface area contributed by atoms with Gasteiger partial charge >= 0.3 is 0 Å². The number of sulfonamides is 1. The molecule has 2 unspecified atom stereocenters. The summed E-state index contributed by atoms with van der Waals surface area (Å²) < 4.78 is 40.6. The molecule has 0 amide bonds. The third-order valence-corrected chi connectivity index (χ3v) is 6.16. The van der Waals surface area contributed by atoms with Gasteiger partial charge in [-0.1, -0.05) is 34.8 Å². The molecule has 19 heavy (non-hydrogen) atoms. The van der Waals surface area contributed by atoms with Gasteiger partial charge in [-0.05, 0) is 37.5 Å². The van der Waals surface area contributed by atoms with Crippen LogP contribution in [0.2, 0.25) is 0 Å². The summed E-state index contributed by atoms with van der Waals surface area (Å²) in [5.41, 5.74) is 0.552. The molecule has 2 atom stereocenters. The van der Waals surface area contributed by atoms with E-state index in [-0.39, 0.29) is 15.8 Å². The second-order valence-corrected chi connectivity index (χ2v) is 7.80. The van der Waals surface area contributed by atoms with E-state index in [1.165, 1.54) is 12.1 Å². The molecule has 0 bridgehead atoms. The van der Waals surface area contributed by atoms with Gasteiger partial charge in [0.05, 0.1) is 4.90 Å². The number of hydrogen-bond acceptors (Lipinski definition) is 2. The van der Waals surface area contributed by atoms with Gasteiger partial charge < -0.3 is 0 Å². The summed E-state index contributed by atoms with van der Waals surface area (Å²) in [6, 6.07) is 3.70. The summed E-state index contributed by atoms with van der Waals surface area (Å²) in [5.74, 6) is -0.537. The number of nitrogens with one attached hydrogen (secondary N) is 1. The fourth-order valence-electron chi connectivity index (χ4n) is 2.34. The van der Waals surface area contributed by atoms with Crippen LogP contribution in [0.25, 0.3) is 0 Å². The van der Waals surface area contributed by atoms with E-state index in [9.17, 15) is 12.8 Å². The summed E-state index contributed by atoms with van der Waals surface area (Å²) in [6.45, 7) is 1.67. The van der Waals surface area contributed by atoms with Crippen molar-refractivity contribution in [1.29, 1.82) is 0 Å². The van der Waals surface area contributed by atoms with Gasteiger partial charge in [-0.25, -0.2) is 17.5 Å². The van der Waals surface area contributed by atoms with Gasteiger partial charge in [-0.3, -0.25) is 0 Å². The van der Waals surface area contributed by atoms with Crippen LogP contribution in [0.4, 0.5) is 4.39 Å². The molecular weight excluding hydrogens is 333 g/mol. The molecule has 1 aromatic carbocycles. The number of hydrogen-bond donors (Lipinski definition) is 1. The first-order valence-corrected chi connectivity index (χ1v) is 8.72. The van der Waals surface area contributed by atoms with E-state index in [0.717, 1.165) is 31.7 Å². The molecule has 0 spiro atoms. The van der Waals surface area contributed by atoms with Gasteiger partial charge in [-0.2, -0.15) is 0 Å². The predicted octanol–water partition coefficient (Wildman–Crippen LogP) is 3.12. The summed E-state index contributed by atoms with van der Waals surface area (Å²) in [6.07, 6.45) is 3.88. The molecule has 1 aromatic rings. The van der Waals surface area contributed by atoms with Gasteiger partial charge in [0.2, 0.25) is 10.0 Å². The highest BCUT2D eigenvalue weighted by molar-refractivity contribution is 9.09. The van der Waals surface area contributed by atoms with Crippen molar-refractivity contribution in [2.75, 3.05) is 0 Å². The van der Waals surface area contributed by atoms with Crippen LogP contribution in [0.1, 0.15) is 31.2 Å². The van der Waals surface area contributed by atoms with E-state index in [0.29, 0.717) is 5.56 Å². The molecular formula is C13H17BrFNO2S. The van der Waals surface area contributed by atoms with Crippen molar-refractivity contribution < 1.29 is 12.8 Å². The fraction of sp³-hybridized carbons (Fsp3) is 0.538. The van der Waals surface area contributed by atoms with Gasteiger partial charge in [0.15, 0.2) is 0 Å². The Morgan fingerprint density at radius 2 is 2.00 bits per heavy atom. The SMILES string of the molecule is Cc1ccc(F)cc1S(=O)(=O)NC1CCCCC1Br. The lowest BCUT2D eigenvalue weighted by Gasteiger charge is -2.28. The number of aryl methyl sites for hydroxylation is 1. The van der Waals surface area contributed by atoms with E-state index in [1.54, 1.807) is 6.92 Å². The van der Waals surface area contributed by atoms with Crippen LogP contribution < -0.4 is 4.72 Å². The Kier molecular flexibility index (Phi) is 4.63. The zero-order valence-electron chi connectivity index (χ0n) is 10.7. The van der Waals surface area contributed by atoms with E-state index in [2.05, 4.69) is 20.7 Å². The van der Waals surface area contributed by atoms with Crippen LogP contribution in [0.3, 0.4) is 0 Å². The number of alkyl halides is 1. The van der Waals surface area contributed by atoms with Gasteiger partial charge in [-0.15, -0.1) is 0 Å². The molecule has 0 aromatic heterocycles. The summed E-state index contributed by atoms with van der Waals surface area (Å²) in [4.78, 5) is 0.169. The van der Waals surface area contributed by atoms with Gasteiger partial charge in [0, 0.05) is 10.9 Å². The highest BCUT2D eigenvalue weighted by atomic mass is 79.9. The van der Waals surface area contributed by atoms with Gasteiger partial charge in [0.1, 0.15) is 5.82 Å². The van der Waals surface area contributed by atoms with Crippen LogP contribution in [0, 0.1) is 12.7 Å². The molecule has 0 aliphatic heterocycles. The zero-order chi connectivity index (χ0) is 14.0. The van der Waals surface area contributed by atoms with Crippen molar-refractivity contribution in [3.8, 4) is 0 Å². The average Bonchev–Trinajstić information content (AvgIpc) is 2.35. The van der Waals surface area contributed by atoms with Crippen LogP contribution in [-0.4, -0.2) is 19.3 Å². The summed E-state index contributed by atoms with van der Waals surface area (Å²) in [7, 11) is -3.67. The zero-order valence-corrected chi connectivity index (χ0v) is 13.1. The van der Waals surface area contributed by atoms with Crippen LogP contribution in [0.15, 0.2) is 23.1 Å². The maximum absolute atomic E-state index is 13.2. The van der Waals surface area contributed by atoms with E-state index < -0.39 is 15.8 Å². The van der Waals surface area contributed by atoms with Crippen molar-refractivity contribution in [1.82, 2.24) is 4.72 Å². The molecule has 0 heterocycles. The summed E-state index contributed by atoms with van der Waals surface area (Å²) in [5, 5.41) is 0. The molecule has 6 heteroatoms. The maximum atomic E-state index is 13.2. The highest BCUT2D eigenvalue weighted by Crippen LogP contribution is 2.26. The molecule has 0 saturated heterocycles. The lowest BCUT2D eigenvalue weighted by molar-refractivity contribution is 0.427. The molecule has 1 aliphatic rings. The third-order valence-electron chi connectivity index (χ3n) is 3.43. The third kappa shape index (κ3) is 3.55. The van der Waals surface area contributed by atoms with Gasteiger partial charge in [0.25, 0.3) is 0 Å². The van der Waals surface area contributed by atoms with Crippen molar-refractivity contribution >= 4 is 26.0 Å². The van der Waals surface area contributed by atoms with E-state index in [1.807, 2.05) is 0 Å². The Morgan fingerprint density at radius 3 is 2.68 bits per heavy atom. The Labute approximate surface area is 121 Å². The molecule has 3 nitrogen and oxygen atoms in total. The van der Waals surface area contributed by atoms with Crippen molar-refractivity contribution in [3.63, 3.8) is 0 Å². The Morgan fingerprint density at radius 1 is 1.32 bits per heavy atom. The minimum Gasteiger partial charge on any atom is -0.207 e. The van der Waals surface area contributed by atoms with E-state index in [4.69, 9.17) is 0 Å². The Balaban J connectivity index is 2.24. The quantitative estimate of drug-likeness (QED) is 0.852. The second-order valence-electron chi connectivity index (χ2n) is 4.94. The number of halogens is 2. The van der Waals surface area contributed by atoms with E-state index >= 15 is 0 Å². The van der Waals surface area contributed by atoms with Crippen molar-refractivity contribution in [3.05, 3.63) is 29.6 Å². The topological polar surface area (TPSA) is 46.2 Å². The molecule has 2 rings (SSSR count). The first kappa shape index (κ1) is 14.9. The minimum absolute atomic E-state index is 0.0257. The first-order valence-electron chi connectivity index (χ1n) is 6.33. The average molecular weight is 350 g/mol. The Hall–Kier alpha value is -0.460. The highest BCUT2D eigenvalue weighted by Gasteiger charge is 2.28. The van der Waals surface area contributed by atoms with Crippen LogP contribution in [0.5, 0.6) is 0 Å². The number of benzene rings is 1. The largest absolute Gasteiger partial charge is 0.241 e. The smallest absolute Gasteiger partial charge is 0.207 e. The number of rotatable bonds is 3. The maximum Gasteiger partial charge on any atom is 0.241 e. The molecule has 1 saturated carbocycles. The molecule has 1 fully saturated rings. The molecule has 1 N–H and O–H groups in total. The minimum atomic E-state index is -3.67. The standard InChI is InChI=1S/C13H17BrFNO2S/c1-9-6-7-10(15)8-13(9)19(17,18)16-12-5-3-2-4-11(12)14/h6-8,11-12,16H,2-5H2,1H3. The predicted molar refractivity (Wildman–Crippen MR) is 76.4 cm³/mol. The van der Waals surface area contributed by atoms with Crippen molar-refractivity contribution in [2.45, 2.75) is 48.4 Å². The monoisotopic (exact) mass is 349 g/mol. The molecule has 1 aliphatic carbocycles. The first-order chi connectivity index (χ1) is 8.90. The second kappa shape index (κ2) is 5.89. The lowest BCUT2D eigenvalue weighted by Crippen LogP contribution is -2.42. The van der Waals surface area contributed by atoms with Crippen LogP contribution >= 0.6 is 15.9 Å². The normalized spacial score (nSPS) is 24.4. The molecule has 0 radical (unpaired) electrons. The van der Waals surface area contributed by atoms with Crippen LogP contribution in [-0.2, 0) is 10.0 Å². The van der Waals surface area contributed by atoms with Crippen molar-refractivity contribution in [2.24, 2.45) is 0 Å². The lowest BCUT2D eigenvalue weighted by atomic mass is 9.96. The Bertz CT molecular complexity index is 562. The fourth-order valence-corrected chi connectivity index (χ4v) is 4.81.